The van der Waals surface area contributed by atoms with Crippen molar-refractivity contribution in [2.75, 3.05) is 18.8 Å². The summed E-state index contributed by atoms with van der Waals surface area (Å²) >= 11 is 0. The molecule has 1 aliphatic heterocycles. The summed E-state index contributed by atoms with van der Waals surface area (Å²) in [5.41, 5.74) is 0.787. The highest BCUT2D eigenvalue weighted by Crippen LogP contribution is 2.17. The molecule has 1 saturated heterocycles. The van der Waals surface area contributed by atoms with E-state index in [1.54, 1.807) is 29.2 Å². The number of benzene rings is 1. The quantitative estimate of drug-likeness (QED) is 0.846. The molecule has 1 heterocycles. The Hall–Kier alpha value is -1.87. The summed E-state index contributed by atoms with van der Waals surface area (Å²) in [6, 6.07) is 8.56. The third-order valence-corrected chi connectivity index (χ3v) is 5.43. The van der Waals surface area contributed by atoms with Crippen LogP contribution >= 0.6 is 0 Å². The van der Waals surface area contributed by atoms with Gasteiger partial charge in [0.15, 0.2) is 9.84 Å². The van der Waals surface area contributed by atoms with Gasteiger partial charge in [-0.3, -0.25) is 4.79 Å². The van der Waals surface area contributed by atoms with E-state index in [-0.39, 0.29) is 11.7 Å². The molecule has 0 unspecified atom stereocenters. The smallest absolute Gasteiger partial charge is 0.237 e. The van der Waals surface area contributed by atoms with Crippen molar-refractivity contribution in [3.8, 4) is 6.07 Å². The Morgan fingerprint density at radius 2 is 1.95 bits per heavy atom. The van der Waals surface area contributed by atoms with E-state index in [0.29, 0.717) is 30.1 Å². The zero-order valence-electron chi connectivity index (χ0n) is 12.7. The number of sulfone groups is 1. The zero-order valence-corrected chi connectivity index (χ0v) is 13.5. The van der Waals surface area contributed by atoms with Crippen molar-refractivity contribution >= 4 is 15.7 Å². The molecule has 0 aliphatic carbocycles. The van der Waals surface area contributed by atoms with Crippen molar-refractivity contribution in [2.45, 2.75) is 25.5 Å². The Morgan fingerprint density at radius 1 is 1.32 bits per heavy atom. The Labute approximate surface area is 131 Å². The van der Waals surface area contributed by atoms with Crippen molar-refractivity contribution in [3.63, 3.8) is 0 Å². The van der Waals surface area contributed by atoms with E-state index in [1.807, 2.05) is 6.07 Å². The maximum absolute atomic E-state index is 12.2. The average Bonchev–Trinajstić information content (AvgIpc) is 2.47. The van der Waals surface area contributed by atoms with Gasteiger partial charge in [-0.1, -0.05) is 25.1 Å². The minimum Gasteiger partial charge on any atom is -0.342 e. The van der Waals surface area contributed by atoms with Gasteiger partial charge >= 0.3 is 0 Å². The van der Waals surface area contributed by atoms with E-state index < -0.39 is 15.6 Å². The topological polar surface area (TPSA) is 78.2 Å². The molecular formula is C16H20N2O3S. The molecule has 0 bridgehead atoms. The van der Waals surface area contributed by atoms with E-state index in [0.717, 1.165) is 12.8 Å². The minimum atomic E-state index is -3.57. The average molecular weight is 320 g/mol. The molecule has 0 spiro atoms. The molecule has 0 atom stereocenters. The number of carbonyl (C=O) groups is 1. The summed E-state index contributed by atoms with van der Waals surface area (Å²) in [6.07, 6.45) is 1.84. The predicted octanol–water partition coefficient (Wildman–Crippen LogP) is 1.73. The Morgan fingerprint density at radius 3 is 2.59 bits per heavy atom. The normalized spacial score (nSPS) is 16.3. The lowest BCUT2D eigenvalue weighted by molar-refractivity contribution is -0.129. The fourth-order valence-electron chi connectivity index (χ4n) is 2.58. The standard InChI is InChI=1S/C16H20N2O3S/c1-13-6-8-18(9-7-13)16(19)12-22(20,21)11-15-5-3-2-4-14(15)10-17/h2-5,13H,6-9,11-12H2,1H3. The van der Waals surface area contributed by atoms with E-state index in [1.165, 1.54) is 0 Å². The third-order valence-electron chi connectivity index (χ3n) is 3.99. The summed E-state index contributed by atoms with van der Waals surface area (Å²) in [6.45, 7) is 3.39. The number of carbonyl (C=O) groups excluding carboxylic acids is 1. The molecule has 1 aliphatic rings. The fourth-order valence-corrected chi connectivity index (χ4v) is 3.97. The highest BCUT2D eigenvalue weighted by molar-refractivity contribution is 7.91. The summed E-state index contributed by atoms with van der Waals surface area (Å²) in [7, 11) is -3.57. The second-order valence-electron chi connectivity index (χ2n) is 5.86. The van der Waals surface area contributed by atoms with Gasteiger partial charge in [-0.2, -0.15) is 5.26 Å². The van der Waals surface area contributed by atoms with Gasteiger partial charge in [0.05, 0.1) is 17.4 Å². The first-order chi connectivity index (χ1) is 10.4. The van der Waals surface area contributed by atoms with Crippen LogP contribution in [0.25, 0.3) is 0 Å². The molecule has 1 amide bonds. The lowest BCUT2D eigenvalue weighted by atomic mass is 9.99. The summed E-state index contributed by atoms with van der Waals surface area (Å²) in [5, 5.41) is 9.01. The molecule has 22 heavy (non-hydrogen) atoms. The van der Waals surface area contributed by atoms with Crippen molar-refractivity contribution in [1.29, 1.82) is 5.26 Å². The maximum atomic E-state index is 12.2. The molecule has 6 heteroatoms. The number of piperidine rings is 1. The molecule has 1 aromatic carbocycles. The molecule has 0 radical (unpaired) electrons. The van der Waals surface area contributed by atoms with Crippen molar-refractivity contribution in [3.05, 3.63) is 35.4 Å². The van der Waals surface area contributed by atoms with Gasteiger partial charge in [0, 0.05) is 13.1 Å². The maximum Gasteiger partial charge on any atom is 0.237 e. The number of hydrogen-bond donors (Lipinski definition) is 0. The zero-order chi connectivity index (χ0) is 16.2. The highest BCUT2D eigenvalue weighted by atomic mass is 32.2. The molecule has 0 aromatic heterocycles. The van der Waals surface area contributed by atoms with Crippen LogP contribution in [-0.4, -0.2) is 38.1 Å². The van der Waals surface area contributed by atoms with Crippen LogP contribution in [0.5, 0.6) is 0 Å². The second-order valence-corrected chi connectivity index (χ2v) is 7.93. The van der Waals surface area contributed by atoms with Crippen LogP contribution in [0.1, 0.15) is 30.9 Å². The van der Waals surface area contributed by atoms with Crippen LogP contribution in [0.2, 0.25) is 0 Å². The van der Waals surface area contributed by atoms with Crippen LogP contribution < -0.4 is 0 Å². The Balaban J connectivity index is 2.02. The van der Waals surface area contributed by atoms with Crippen molar-refractivity contribution in [2.24, 2.45) is 5.92 Å². The van der Waals surface area contributed by atoms with Crippen LogP contribution in [-0.2, 0) is 20.4 Å². The number of likely N-dealkylation sites (tertiary alicyclic amines) is 1. The van der Waals surface area contributed by atoms with Gasteiger partial charge in [0.1, 0.15) is 5.75 Å². The minimum absolute atomic E-state index is 0.271. The Bertz CT molecular complexity index is 684. The SMILES string of the molecule is CC1CCN(C(=O)CS(=O)(=O)Cc2ccccc2C#N)CC1. The lowest BCUT2D eigenvalue weighted by Crippen LogP contribution is -2.41. The van der Waals surface area contributed by atoms with Gasteiger partial charge < -0.3 is 4.90 Å². The van der Waals surface area contributed by atoms with Gasteiger partial charge in [0.2, 0.25) is 5.91 Å². The highest BCUT2D eigenvalue weighted by Gasteiger charge is 2.25. The molecule has 2 rings (SSSR count). The van der Waals surface area contributed by atoms with Gasteiger partial charge in [0.25, 0.3) is 0 Å². The van der Waals surface area contributed by atoms with E-state index in [9.17, 15) is 13.2 Å². The monoisotopic (exact) mass is 320 g/mol. The number of nitrogens with zero attached hydrogens (tertiary/aromatic N) is 2. The summed E-state index contributed by atoms with van der Waals surface area (Å²) < 4.78 is 24.5. The van der Waals surface area contributed by atoms with Gasteiger partial charge in [-0.25, -0.2) is 8.42 Å². The molecule has 118 valence electrons. The van der Waals surface area contributed by atoms with Gasteiger partial charge in [-0.05, 0) is 30.4 Å². The molecular weight excluding hydrogens is 300 g/mol. The Kier molecular flexibility index (Phi) is 5.19. The first-order valence-electron chi connectivity index (χ1n) is 7.37. The van der Waals surface area contributed by atoms with Crippen molar-refractivity contribution < 1.29 is 13.2 Å². The molecule has 0 saturated carbocycles. The van der Waals surface area contributed by atoms with E-state index in [4.69, 9.17) is 5.26 Å². The first kappa shape index (κ1) is 16.5. The third kappa shape index (κ3) is 4.31. The fraction of sp³-hybridized carbons (Fsp3) is 0.500. The molecule has 5 nitrogen and oxygen atoms in total. The van der Waals surface area contributed by atoms with Crippen LogP contribution in [0, 0.1) is 17.2 Å². The molecule has 0 N–H and O–H groups in total. The lowest BCUT2D eigenvalue weighted by Gasteiger charge is -2.30. The molecule has 1 aromatic rings. The number of nitriles is 1. The van der Waals surface area contributed by atoms with E-state index in [2.05, 4.69) is 6.92 Å². The van der Waals surface area contributed by atoms with Crippen LogP contribution in [0.3, 0.4) is 0 Å². The second kappa shape index (κ2) is 6.93. The first-order valence-corrected chi connectivity index (χ1v) is 9.19. The number of amides is 1. The number of hydrogen-bond acceptors (Lipinski definition) is 4. The summed E-state index contributed by atoms with van der Waals surface area (Å²) in [5.74, 6) is -0.502. The van der Waals surface area contributed by atoms with E-state index >= 15 is 0 Å². The summed E-state index contributed by atoms with van der Waals surface area (Å²) in [4.78, 5) is 13.8. The number of rotatable bonds is 4. The largest absolute Gasteiger partial charge is 0.342 e. The van der Waals surface area contributed by atoms with Crippen molar-refractivity contribution in [1.82, 2.24) is 4.90 Å². The van der Waals surface area contributed by atoms with Crippen LogP contribution in [0.15, 0.2) is 24.3 Å². The van der Waals surface area contributed by atoms with Crippen LogP contribution in [0.4, 0.5) is 0 Å². The molecule has 1 fully saturated rings. The van der Waals surface area contributed by atoms with Gasteiger partial charge in [-0.15, -0.1) is 0 Å². The predicted molar refractivity (Wildman–Crippen MR) is 83.6 cm³/mol.